The van der Waals surface area contributed by atoms with E-state index in [0.29, 0.717) is 29.2 Å². The fraction of sp³-hybridized carbons (Fsp3) is 0.231. The molecule has 1 atom stereocenters. The number of nitrogens with zero attached hydrogens (tertiary/aromatic N) is 1. The third-order valence-electron chi connectivity index (χ3n) is 5.48. The summed E-state index contributed by atoms with van der Waals surface area (Å²) in [7, 11) is 0. The number of aliphatic hydroxyl groups is 1. The molecule has 0 radical (unpaired) electrons. The molecule has 1 aliphatic heterocycles. The van der Waals surface area contributed by atoms with E-state index in [1.54, 1.807) is 36.4 Å². The van der Waals surface area contributed by atoms with Gasteiger partial charge in [-0.2, -0.15) is 0 Å². The number of aliphatic hydroxyl groups excluding tert-OH is 1. The zero-order chi connectivity index (χ0) is 23.4. The molecule has 2 aromatic carbocycles. The van der Waals surface area contributed by atoms with Gasteiger partial charge >= 0.3 is 0 Å². The molecule has 170 valence electrons. The molecule has 1 unspecified atom stereocenters. The third-order valence-corrected chi connectivity index (χ3v) is 5.98. The molecule has 7 heteroatoms. The molecule has 0 bridgehead atoms. The van der Waals surface area contributed by atoms with E-state index < -0.39 is 17.7 Å². The number of rotatable bonds is 8. The largest absolute Gasteiger partial charge is 0.507 e. The Balaban J connectivity index is 1.79. The summed E-state index contributed by atoms with van der Waals surface area (Å²) in [5.74, 6) is -0.518. The van der Waals surface area contributed by atoms with Gasteiger partial charge in [-0.05, 0) is 48.4 Å². The normalized spacial score (nSPS) is 17.5. The Labute approximate surface area is 200 Å². The number of ketones is 1. The molecular weight excluding hydrogens is 486 g/mol. The Hall–Kier alpha value is -3.32. The molecule has 1 aliphatic rings. The third kappa shape index (κ3) is 4.88. The highest BCUT2D eigenvalue weighted by atomic mass is 79.9. The first-order valence-electron chi connectivity index (χ1n) is 10.8. The lowest BCUT2D eigenvalue weighted by molar-refractivity contribution is -0.140. The second-order valence-corrected chi connectivity index (χ2v) is 8.71. The van der Waals surface area contributed by atoms with E-state index >= 15 is 0 Å². The van der Waals surface area contributed by atoms with Crippen molar-refractivity contribution in [3.05, 3.63) is 93.9 Å². The molecule has 0 aliphatic carbocycles. The first-order chi connectivity index (χ1) is 16.0. The highest BCUT2D eigenvalue weighted by molar-refractivity contribution is 9.10. The summed E-state index contributed by atoms with van der Waals surface area (Å²) in [5, 5.41) is 11.2. The van der Waals surface area contributed by atoms with Crippen molar-refractivity contribution in [1.82, 2.24) is 4.90 Å². The predicted molar refractivity (Wildman–Crippen MR) is 128 cm³/mol. The van der Waals surface area contributed by atoms with Gasteiger partial charge in [-0.15, -0.1) is 0 Å². The summed E-state index contributed by atoms with van der Waals surface area (Å²) < 4.78 is 12.0. The fourth-order valence-electron chi connectivity index (χ4n) is 3.86. The maximum absolute atomic E-state index is 13.1. The molecule has 1 N–H and O–H groups in total. The van der Waals surface area contributed by atoms with Crippen LogP contribution in [0.5, 0.6) is 5.75 Å². The molecule has 0 spiro atoms. The lowest BCUT2D eigenvalue weighted by Crippen LogP contribution is -2.29. The second-order valence-electron chi connectivity index (χ2n) is 7.79. The highest BCUT2D eigenvalue weighted by Gasteiger charge is 2.46. The number of carbonyl (C=O) groups is 2. The van der Waals surface area contributed by atoms with Crippen LogP contribution < -0.4 is 4.74 Å². The number of hydrogen-bond acceptors (Lipinski definition) is 5. The average molecular weight is 510 g/mol. The maximum atomic E-state index is 13.1. The fourth-order valence-corrected chi connectivity index (χ4v) is 4.28. The summed E-state index contributed by atoms with van der Waals surface area (Å²) in [6.07, 6.45) is 3.44. The van der Waals surface area contributed by atoms with Gasteiger partial charge in [0.15, 0.2) is 0 Å². The zero-order valence-electron chi connectivity index (χ0n) is 18.2. The van der Waals surface area contributed by atoms with Gasteiger partial charge in [0.25, 0.3) is 11.7 Å². The number of amides is 1. The van der Waals surface area contributed by atoms with Crippen LogP contribution in [0.25, 0.3) is 5.76 Å². The van der Waals surface area contributed by atoms with E-state index in [1.165, 1.54) is 11.2 Å². The first kappa shape index (κ1) is 22.9. The highest BCUT2D eigenvalue weighted by Crippen LogP contribution is 2.41. The van der Waals surface area contributed by atoms with Gasteiger partial charge in [-0.25, -0.2) is 0 Å². The first-order valence-corrected chi connectivity index (χ1v) is 11.6. The SMILES string of the molecule is CCCCOc1cccc(C(O)=C2C(=O)C(=O)N(Cc3ccco3)C2c2cccc(Br)c2)c1. The predicted octanol–water partition coefficient (Wildman–Crippen LogP) is 5.84. The number of carbonyl (C=O) groups excluding carboxylic acids is 2. The Morgan fingerprint density at radius 1 is 1.12 bits per heavy atom. The topological polar surface area (TPSA) is 80.0 Å². The van der Waals surface area contributed by atoms with Crippen LogP contribution in [0.4, 0.5) is 0 Å². The summed E-state index contributed by atoms with van der Waals surface area (Å²) in [5.41, 5.74) is 1.15. The number of furan rings is 1. The molecule has 1 fully saturated rings. The summed E-state index contributed by atoms with van der Waals surface area (Å²) in [4.78, 5) is 27.6. The molecule has 33 heavy (non-hydrogen) atoms. The molecule has 3 aromatic rings. The quantitative estimate of drug-likeness (QED) is 0.178. The van der Waals surface area contributed by atoms with Crippen molar-refractivity contribution in [1.29, 1.82) is 0 Å². The van der Waals surface area contributed by atoms with Crippen LogP contribution in [-0.4, -0.2) is 28.3 Å². The van der Waals surface area contributed by atoms with Gasteiger partial charge in [-0.1, -0.05) is 53.5 Å². The Morgan fingerprint density at radius 3 is 2.67 bits per heavy atom. The lowest BCUT2D eigenvalue weighted by atomic mass is 9.95. The maximum Gasteiger partial charge on any atom is 0.296 e. The number of Topliss-reactive ketones (excluding diaryl/α,β-unsaturated/α-hetero) is 1. The number of hydrogen-bond donors (Lipinski definition) is 1. The minimum Gasteiger partial charge on any atom is -0.507 e. The average Bonchev–Trinajstić information content (AvgIpc) is 3.41. The zero-order valence-corrected chi connectivity index (χ0v) is 19.7. The van der Waals surface area contributed by atoms with Gasteiger partial charge in [0.05, 0.1) is 31.0 Å². The Morgan fingerprint density at radius 2 is 1.94 bits per heavy atom. The van der Waals surface area contributed by atoms with E-state index in [2.05, 4.69) is 22.9 Å². The van der Waals surface area contributed by atoms with Crippen molar-refractivity contribution in [2.75, 3.05) is 6.61 Å². The molecule has 1 aromatic heterocycles. The Kier molecular flexibility index (Phi) is 6.99. The molecular formula is C26H24BrNO5. The molecule has 0 saturated carbocycles. The summed E-state index contributed by atoms with van der Waals surface area (Å²) in [6, 6.07) is 17.0. The van der Waals surface area contributed by atoms with Crippen molar-refractivity contribution < 1.29 is 23.8 Å². The van der Waals surface area contributed by atoms with Gasteiger partial charge in [-0.3, -0.25) is 9.59 Å². The lowest BCUT2D eigenvalue weighted by Gasteiger charge is -2.24. The summed E-state index contributed by atoms with van der Waals surface area (Å²) >= 11 is 3.46. The van der Waals surface area contributed by atoms with Crippen LogP contribution in [0.3, 0.4) is 0 Å². The van der Waals surface area contributed by atoms with Crippen molar-refractivity contribution in [2.24, 2.45) is 0 Å². The van der Waals surface area contributed by atoms with Crippen LogP contribution in [0.2, 0.25) is 0 Å². The monoisotopic (exact) mass is 509 g/mol. The van der Waals surface area contributed by atoms with Gasteiger partial charge in [0.2, 0.25) is 0 Å². The standard InChI is InChI=1S/C26H24BrNO5/c1-2-3-12-32-20-10-5-8-18(15-20)24(29)22-23(17-7-4-9-19(27)14-17)28(26(31)25(22)30)16-21-11-6-13-33-21/h4-11,13-15,23,29H,2-3,12,16H2,1H3. The van der Waals surface area contributed by atoms with E-state index in [-0.39, 0.29) is 17.9 Å². The molecule has 1 saturated heterocycles. The van der Waals surface area contributed by atoms with E-state index in [0.717, 1.165) is 17.3 Å². The minimum atomic E-state index is -0.766. The number of unbranched alkanes of at least 4 members (excludes halogenated alkanes) is 1. The van der Waals surface area contributed by atoms with Crippen LogP contribution in [0.15, 0.2) is 81.4 Å². The molecule has 2 heterocycles. The second kappa shape index (κ2) is 10.1. The van der Waals surface area contributed by atoms with Gasteiger partial charge in [0, 0.05) is 10.0 Å². The van der Waals surface area contributed by atoms with Crippen LogP contribution >= 0.6 is 15.9 Å². The van der Waals surface area contributed by atoms with Gasteiger partial charge in [0.1, 0.15) is 17.3 Å². The van der Waals surface area contributed by atoms with Crippen molar-refractivity contribution >= 4 is 33.4 Å². The van der Waals surface area contributed by atoms with Crippen molar-refractivity contribution in [2.45, 2.75) is 32.4 Å². The number of halogens is 1. The summed E-state index contributed by atoms with van der Waals surface area (Å²) in [6.45, 7) is 2.74. The van der Waals surface area contributed by atoms with E-state index in [4.69, 9.17) is 9.15 Å². The van der Waals surface area contributed by atoms with Crippen LogP contribution in [0.1, 0.15) is 42.7 Å². The van der Waals surface area contributed by atoms with E-state index in [9.17, 15) is 14.7 Å². The van der Waals surface area contributed by atoms with Crippen LogP contribution in [-0.2, 0) is 16.1 Å². The number of ether oxygens (including phenoxy) is 1. The van der Waals surface area contributed by atoms with Crippen molar-refractivity contribution in [3.63, 3.8) is 0 Å². The molecule has 6 nitrogen and oxygen atoms in total. The molecule has 1 amide bonds. The minimum absolute atomic E-state index is 0.0374. The smallest absolute Gasteiger partial charge is 0.296 e. The van der Waals surface area contributed by atoms with Gasteiger partial charge < -0.3 is 19.2 Å². The van der Waals surface area contributed by atoms with Crippen molar-refractivity contribution in [3.8, 4) is 5.75 Å². The van der Waals surface area contributed by atoms with E-state index in [1.807, 2.05) is 24.3 Å². The number of likely N-dealkylation sites (tertiary alicyclic amines) is 1. The number of benzene rings is 2. The molecule has 4 rings (SSSR count). The van der Waals surface area contributed by atoms with Crippen LogP contribution in [0, 0.1) is 0 Å². The Bertz CT molecular complexity index is 1180.